The Morgan fingerprint density at radius 3 is 2.12 bits per heavy atom. The van der Waals surface area contributed by atoms with Gasteiger partial charge in [-0.3, -0.25) is 9.59 Å². The molecule has 0 atom stereocenters. The molecular formula is C34H35F4N5O5S. The molecule has 1 aliphatic carbocycles. The largest absolute Gasteiger partial charge is 0.490 e. The normalized spacial score (nSPS) is 15.9. The summed E-state index contributed by atoms with van der Waals surface area (Å²) in [6.45, 7) is 2.72. The summed E-state index contributed by atoms with van der Waals surface area (Å²) in [4.78, 5) is 45.0. The van der Waals surface area contributed by atoms with E-state index in [4.69, 9.17) is 14.6 Å². The molecule has 0 unspecified atom stereocenters. The van der Waals surface area contributed by atoms with E-state index in [1.54, 1.807) is 11.4 Å². The summed E-state index contributed by atoms with van der Waals surface area (Å²) in [5, 5.41) is 15.8. The maximum absolute atomic E-state index is 14.2. The van der Waals surface area contributed by atoms with Crippen LogP contribution in [0.1, 0.15) is 57.1 Å². The fourth-order valence-electron chi connectivity index (χ4n) is 5.06. The highest BCUT2D eigenvalue weighted by molar-refractivity contribution is 7.09. The number of thiazole rings is 1. The van der Waals surface area contributed by atoms with E-state index in [1.165, 1.54) is 16.9 Å². The van der Waals surface area contributed by atoms with E-state index in [2.05, 4.69) is 49.8 Å². The highest BCUT2D eigenvalue weighted by atomic mass is 32.1. The molecule has 260 valence electrons. The molecule has 15 heteroatoms. The maximum Gasteiger partial charge on any atom is 0.490 e. The SMILES string of the molecule is Cc1nc(C(=O)NC2CCC(NC(=O)c3cc(F)cnc3Oc3cccc(-c4ccc(CN(C)C)cc4)c3)CC2)cs1.O=C(O)C(F)(F)F. The number of hydrogen-bond acceptors (Lipinski definition) is 8. The van der Waals surface area contributed by atoms with Crippen LogP contribution in [-0.2, 0) is 11.3 Å². The van der Waals surface area contributed by atoms with Crippen LogP contribution in [0.4, 0.5) is 17.6 Å². The van der Waals surface area contributed by atoms with Crippen LogP contribution in [0.3, 0.4) is 0 Å². The van der Waals surface area contributed by atoms with Gasteiger partial charge in [-0.25, -0.2) is 19.2 Å². The average Bonchev–Trinajstić information content (AvgIpc) is 3.49. The monoisotopic (exact) mass is 701 g/mol. The lowest BCUT2D eigenvalue weighted by molar-refractivity contribution is -0.192. The van der Waals surface area contributed by atoms with Gasteiger partial charge in [-0.05, 0) is 81.6 Å². The van der Waals surface area contributed by atoms with E-state index < -0.39 is 23.9 Å². The van der Waals surface area contributed by atoms with Crippen molar-refractivity contribution in [3.63, 3.8) is 0 Å². The lowest BCUT2D eigenvalue weighted by Crippen LogP contribution is -2.44. The van der Waals surface area contributed by atoms with Gasteiger partial charge in [0.1, 0.15) is 22.8 Å². The van der Waals surface area contributed by atoms with Gasteiger partial charge in [0, 0.05) is 24.0 Å². The Bertz CT molecular complexity index is 1760. The first-order valence-electron chi connectivity index (χ1n) is 15.2. The molecule has 0 aliphatic heterocycles. The summed E-state index contributed by atoms with van der Waals surface area (Å²) in [6.07, 6.45) is -1.25. The first kappa shape index (κ1) is 36.9. The van der Waals surface area contributed by atoms with Crippen LogP contribution >= 0.6 is 11.3 Å². The number of amides is 2. The second-order valence-electron chi connectivity index (χ2n) is 11.6. The van der Waals surface area contributed by atoms with Crippen molar-refractivity contribution >= 4 is 29.1 Å². The van der Waals surface area contributed by atoms with Crippen molar-refractivity contribution in [3.05, 3.63) is 93.8 Å². The third kappa shape index (κ3) is 11.1. The molecule has 2 amide bonds. The molecule has 0 spiro atoms. The van der Waals surface area contributed by atoms with Gasteiger partial charge < -0.3 is 25.4 Å². The Kier molecular flexibility index (Phi) is 12.4. The second-order valence-corrected chi connectivity index (χ2v) is 12.7. The fraction of sp³-hybridized carbons (Fsp3) is 0.324. The van der Waals surface area contributed by atoms with Crippen LogP contribution in [0.2, 0.25) is 0 Å². The quantitative estimate of drug-likeness (QED) is 0.166. The van der Waals surface area contributed by atoms with Gasteiger partial charge in [0.2, 0.25) is 5.88 Å². The van der Waals surface area contributed by atoms with E-state index in [9.17, 15) is 27.2 Å². The third-order valence-corrected chi connectivity index (χ3v) is 8.16. The predicted molar refractivity (Wildman–Crippen MR) is 175 cm³/mol. The lowest BCUT2D eigenvalue weighted by atomic mass is 9.91. The van der Waals surface area contributed by atoms with Gasteiger partial charge in [0.25, 0.3) is 11.8 Å². The number of carboxylic acids is 1. The number of nitrogens with zero attached hydrogens (tertiary/aromatic N) is 3. The molecule has 3 N–H and O–H groups in total. The number of pyridine rings is 1. The van der Waals surface area contributed by atoms with Crippen molar-refractivity contribution in [1.29, 1.82) is 0 Å². The Morgan fingerprint density at radius 1 is 0.959 bits per heavy atom. The number of alkyl halides is 3. The van der Waals surface area contributed by atoms with Gasteiger partial charge in [0.15, 0.2) is 0 Å². The Balaban J connectivity index is 0.000000698. The zero-order chi connectivity index (χ0) is 35.7. The van der Waals surface area contributed by atoms with E-state index in [0.717, 1.165) is 34.9 Å². The van der Waals surface area contributed by atoms with Crippen LogP contribution in [0.25, 0.3) is 11.1 Å². The fourth-order valence-corrected chi connectivity index (χ4v) is 5.65. The number of rotatable bonds is 9. The van der Waals surface area contributed by atoms with E-state index >= 15 is 0 Å². The number of carbonyl (C=O) groups is 3. The average molecular weight is 702 g/mol. The highest BCUT2D eigenvalue weighted by Crippen LogP contribution is 2.29. The number of halogens is 4. The summed E-state index contributed by atoms with van der Waals surface area (Å²) >= 11 is 1.44. The number of nitrogens with one attached hydrogen (secondary N) is 2. The number of aryl methyl sites for hydroxylation is 1. The molecule has 49 heavy (non-hydrogen) atoms. The molecule has 0 bridgehead atoms. The maximum atomic E-state index is 14.2. The summed E-state index contributed by atoms with van der Waals surface area (Å²) in [5.74, 6) is -3.48. The standard InChI is InChI=1S/C32H34FN5O3S.C2HF3O2/c1-20-35-29(19-42-20)31(40)37-26-13-11-25(12-14-26)36-30(39)28-16-24(33)17-34-32(28)41-27-6-4-5-23(15-27)22-9-7-21(8-10-22)18-38(2)3;3-2(4,5)1(6)7/h4-10,15-17,19,25-26H,11-14,18H2,1-3H3,(H,36,39)(H,37,40);(H,6,7). The Hall–Kier alpha value is -4.89. The minimum atomic E-state index is -5.08. The van der Waals surface area contributed by atoms with Crippen LogP contribution < -0.4 is 15.4 Å². The number of aromatic nitrogens is 2. The molecule has 0 radical (unpaired) electrons. The third-order valence-electron chi connectivity index (χ3n) is 7.39. The second kappa shape index (κ2) is 16.5. The molecule has 0 saturated heterocycles. The van der Waals surface area contributed by atoms with Crippen molar-refractivity contribution in [3.8, 4) is 22.8 Å². The summed E-state index contributed by atoms with van der Waals surface area (Å²) in [6, 6.07) is 16.9. The number of carbonyl (C=O) groups excluding carboxylic acids is 2. The van der Waals surface area contributed by atoms with Crippen LogP contribution in [0.15, 0.2) is 66.2 Å². The number of aliphatic carboxylic acids is 1. The summed E-state index contributed by atoms with van der Waals surface area (Å²) < 4.78 is 51.9. The van der Waals surface area contributed by atoms with Crippen molar-refractivity contribution in [1.82, 2.24) is 25.5 Å². The zero-order valence-electron chi connectivity index (χ0n) is 26.9. The molecule has 1 fully saturated rings. The van der Waals surface area contributed by atoms with Crippen molar-refractivity contribution in [2.45, 2.75) is 57.4 Å². The van der Waals surface area contributed by atoms with Gasteiger partial charge in [-0.1, -0.05) is 36.4 Å². The van der Waals surface area contributed by atoms with Gasteiger partial charge in [-0.2, -0.15) is 13.2 Å². The van der Waals surface area contributed by atoms with Crippen LogP contribution in [0, 0.1) is 12.7 Å². The first-order valence-corrected chi connectivity index (χ1v) is 16.1. The van der Waals surface area contributed by atoms with Gasteiger partial charge in [-0.15, -0.1) is 11.3 Å². The minimum absolute atomic E-state index is 0.0128. The van der Waals surface area contributed by atoms with Gasteiger partial charge in [0.05, 0.1) is 11.2 Å². The molecule has 2 aromatic heterocycles. The van der Waals surface area contributed by atoms with E-state index in [1.807, 2.05) is 39.2 Å². The number of carboxylic acid groups (broad SMARTS) is 1. The summed E-state index contributed by atoms with van der Waals surface area (Å²) in [5.41, 5.74) is 3.66. The van der Waals surface area contributed by atoms with Crippen molar-refractivity contribution < 1.29 is 41.8 Å². The number of ether oxygens (including phenoxy) is 1. The topological polar surface area (TPSA) is 134 Å². The van der Waals surface area contributed by atoms with Crippen molar-refractivity contribution in [2.75, 3.05) is 14.1 Å². The molecule has 4 aromatic rings. The first-order chi connectivity index (χ1) is 23.2. The Morgan fingerprint density at radius 2 is 1.57 bits per heavy atom. The zero-order valence-corrected chi connectivity index (χ0v) is 27.7. The molecule has 5 rings (SSSR count). The molecule has 10 nitrogen and oxygen atoms in total. The molecule has 2 aromatic carbocycles. The van der Waals surface area contributed by atoms with E-state index in [-0.39, 0.29) is 29.4 Å². The Labute approximate surface area is 284 Å². The van der Waals surface area contributed by atoms with Crippen LogP contribution in [-0.4, -0.2) is 70.1 Å². The lowest BCUT2D eigenvalue weighted by Gasteiger charge is -2.29. The van der Waals surface area contributed by atoms with Crippen LogP contribution in [0.5, 0.6) is 11.6 Å². The molecular weight excluding hydrogens is 666 g/mol. The number of hydrogen-bond donors (Lipinski definition) is 3. The highest BCUT2D eigenvalue weighted by Gasteiger charge is 2.38. The summed E-state index contributed by atoms with van der Waals surface area (Å²) in [7, 11) is 4.07. The van der Waals surface area contributed by atoms with Crippen molar-refractivity contribution in [2.24, 2.45) is 0 Å². The molecule has 1 aliphatic rings. The molecule has 2 heterocycles. The van der Waals surface area contributed by atoms with E-state index in [0.29, 0.717) is 37.1 Å². The minimum Gasteiger partial charge on any atom is -0.475 e. The molecule has 1 saturated carbocycles. The van der Waals surface area contributed by atoms with Gasteiger partial charge >= 0.3 is 12.1 Å². The smallest absolute Gasteiger partial charge is 0.475 e. The number of benzene rings is 2. The predicted octanol–water partition coefficient (Wildman–Crippen LogP) is 6.61.